The maximum atomic E-state index is 12.4. The summed E-state index contributed by atoms with van der Waals surface area (Å²) in [7, 11) is -2.97. The average Bonchev–Trinajstić information content (AvgIpc) is 2.46. The molecule has 0 fully saturated rings. The second kappa shape index (κ2) is 10.2. The first-order chi connectivity index (χ1) is 10.5. The predicted octanol–water partition coefficient (Wildman–Crippen LogP) is 3.64. The predicted molar refractivity (Wildman–Crippen MR) is 103 cm³/mol. The van der Waals surface area contributed by atoms with E-state index in [1.165, 1.54) is 0 Å². The second-order valence-corrected chi connectivity index (χ2v) is 9.00. The fraction of sp³-hybridized carbons (Fsp3) is 0.500. The van der Waals surface area contributed by atoms with Crippen molar-refractivity contribution in [3.8, 4) is 0 Å². The number of carbonyl (C=O) groups is 1. The van der Waals surface area contributed by atoms with Gasteiger partial charge in [-0.25, -0.2) is 4.79 Å². The lowest BCUT2D eigenvalue weighted by molar-refractivity contribution is 0.0246. The van der Waals surface area contributed by atoms with Crippen LogP contribution in [-0.4, -0.2) is 40.8 Å². The van der Waals surface area contributed by atoms with E-state index in [0.29, 0.717) is 25.4 Å². The largest absolute Gasteiger partial charge is 0.540 e. The third-order valence-corrected chi connectivity index (χ3v) is 7.12. The number of rotatable bonds is 9. The van der Waals surface area contributed by atoms with Gasteiger partial charge in [-0.3, -0.25) is 0 Å². The van der Waals surface area contributed by atoms with Crippen molar-refractivity contribution in [2.24, 2.45) is 0 Å². The molecule has 0 atom stereocenters. The summed E-state index contributed by atoms with van der Waals surface area (Å²) >= 11 is 4.25. The van der Waals surface area contributed by atoms with Crippen molar-refractivity contribution in [1.29, 1.82) is 0 Å². The molecule has 1 rings (SSSR count). The van der Waals surface area contributed by atoms with Crippen LogP contribution in [0.3, 0.4) is 0 Å². The molecule has 0 aliphatic rings. The molecule has 0 aliphatic carbocycles. The monoisotopic (exact) mass is 550 g/mol. The van der Waals surface area contributed by atoms with E-state index in [2.05, 4.69) is 45.2 Å². The normalized spacial score (nSPS) is 11.5. The van der Waals surface area contributed by atoms with Gasteiger partial charge >= 0.3 is 14.8 Å². The number of ether oxygens (including phenoxy) is 1. The van der Waals surface area contributed by atoms with E-state index in [0.717, 1.165) is 7.14 Å². The van der Waals surface area contributed by atoms with Crippen LogP contribution in [-0.2, 0) is 18.0 Å². The first kappa shape index (κ1) is 20.3. The first-order valence-corrected chi connectivity index (χ1v) is 11.1. The van der Waals surface area contributed by atoms with Gasteiger partial charge in [-0.05, 0) is 78.1 Å². The maximum Gasteiger partial charge on any atom is 0.540 e. The molecule has 1 aromatic rings. The van der Waals surface area contributed by atoms with Crippen LogP contribution in [0.15, 0.2) is 18.2 Å². The molecule has 0 heterocycles. The molecule has 0 amide bonds. The lowest BCUT2D eigenvalue weighted by atomic mass is 10.2. The topological polar surface area (TPSA) is 54.0 Å². The highest BCUT2D eigenvalue weighted by molar-refractivity contribution is 14.1. The summed E-state index contributed by atoms with van der Waals surface area (Å²) in [5.74, 6) is -0.384. The molecule has 5 nitrogen and oxygen atoms in total. The van der Waals surface area contributed by atoms with E-state index in [4.69, 9.17) is 18.0 Å². The molecule has 8 heteroatoms. The summed E-state index contributed by atoms with van der Waals surface area (Å²) in [5, 5.41) is 0. The minimum atomic E-state index is -2.97. The van der Waals surface area contributed by atoms with Gasteiger partial charge in [0.25, 0.3) is 0 Å². The van der Waals surface area contributed by atoms with Crippen LogP contribution in [0.5, 0.6) is 0 Å². The number of hydrogen-bond acceptors (Lipinski definition) is 5. The van der Waals surface area contributed by atoms with E-state index in [1.807, 2.05) is 39.0 Å². The number of esters is 1. The molecule has 0 saturated carbocycles. The van der Waals surface area contributed by atoms with Gasteiger partial charge in [0, 0.05) is 27.0 Å². The van der Waals surface area contributed by atoms with Crippen molar-refractivity contribution < 1.29 is 22.8 Å². The molecule has 0 bridgehead atoms. The van der Waals surface area contributed by atoms with Crippen molar-refractivity contribution in [2.45, 2.75) is 20.8 Å². The Bertz CT molecular complexity index is 461. The van der Waals surface area contributed by atoms with Crippen LogP contribution in [0.2, 0.25) is 0 Å². The molecular formula is C14H20I2O5Si. The van der Waals surface area contributed by atoms with Gasteiger partial charge in [0.15, 0.2) is 6.23 Å². The Hall–Kier alpha value is 0.247. The zero-order valence-electron chi connectivity index (χ0n) is 12.9. The van der Waals surface area contributed by atoms with Gasteiger partial charge < -0.3 is 18.0 Å². The van der Waals surface area contributed by atoms with Gasteiger partial charge in [0.2, 0.25) is 0 Å². The Kier molecular flexibility index (Phi) is 9.39. The van der Waals surface area contributed by atoms with E-state index in [-0.39, 0.29) is 12.2 Å². The van der Waals surface area contributed by atoms with E-state index in [1.54, 1.807) is 0 Å². The van der Waals surface area contributed by atoms with Crippen molar-refractivity contribution in [2.75, 3.05) is 26.1 Å². The molecule has 0 aromatic heterocycles. The van der Waals surface area contributed by atoms with Crippen LogP contribution in [0.4, 0.5) is 0 Å². The van der Waals surface area contributed by atoms with Crippen LogP contribution in [0.1, 0.15) is 31.1 Å². The van der Waals surface area contributed by atoms with Crippen molar-refractivity contribution >= 4 is 60.0 Å². The van der Waals surface area contributed by atoms with E-state index < -0.39 is 8.80 Å². The lowest BCUT2D eigenvalue weighted by Crippen LogP contribution is -2.51. The average molecular weight is 550 g/mol. The number of carbonyl (C=O) groups excluding carboxylic acids is 1. The van der Waals surface area contributed by atoms with Crippen molar-refractivity contribution in [3.05, 3.63) is 30.9 Å². The quantitative estimate of drug-likeness (QED) is 0.267. The summed E-state index contributed by atoms with van der Waals surface area (Å²) < 4.78 is 24.2. The standard InChI is InChI=1S/C14H20I2O5Si/c1-4-19-22(20-5-2,21-6-3)10-18-14(17)13-11(15)8-7-9-12(13)16/h7-9H,4-6,10H2,1-3H3. The van der Waals surface area contributed by atoms with Crippen LogP contribution in [0, 0.1) is 7.14 Å². The Labute approximate surface area is 159 Å². The zero-order chi connectivity index (χ0) is 16.6. The maximum absolute atomic E-state index is 12.4. The molecule has 0 radical (unpaired) electrons. The highest BCUT2D eigenvalue weighted by Gasteiger charge is 2.43. The van der Waals surface area contributed by atoms with Gasteiger partial charge in [0.1, 0.15) is 0 Å². The van der Waals surface area contributed by atoms with Gasteiger partial charge in [-0.15, -0.1) is 0 Å². The summed E-state index contributed by atoms with van der Waals surface area (Å²) in [5.41, 5.74) is 0.566. The zero-order valence-corrected chi connectivity index (χ0v) is 18.2. The minimum Gasteiger partial charge on any atom is -0.457 e. The highest BCUT2D eigenvalue weighted by Crippen LogP contribution is 2.21. The first-order valence-electron chi connectivity index (χ1n) is 7.02. The van der Waals surface area contributed by atoms with Gasteiger partial charge in [-0.2, -0.15) is 0 Å². The van der Waals surface area contributed by atoms with Gasteiger partial charge in [0.05, 0.1) is 5.56 Å². The third-order valence-electron chi connectivity index (χ3n) is 2.64. The molecule has 0 spiro atoms. The van der Waals surface area contributed by atoms with Crippen molar-refractivity contribution in [3.63, 3.8) is 0 Å². The Morgan fingerprint density at radius 3 is 1.86 bits per heavy atom. The summed E-state index contributed by atoms with van der Waals surface area (Å²) in [6.07, 6.45) is 0.0163. The van der Waals surface area contributed by atoms with Gasteiger partial charge in [-0.1, -0.05) is 6.07 Å². The Morgan fingerprint density at radius 1 is 1.00 bits per heavy atom. The minimum absolute atomic E-state index is 0.0163. The van der Waals surface area contributed by atoms with Crippen LogP contribution < -0.4 is 0 Å². The van der Waals surface area contributed by atoms with E-state index in [9.17, 15) is 4.79 Å². The molecule has 0 aliphatic heterocycles. The van der Waals surface area contributed by atoms with E-state index >= 15 is 0 Å². The molecular weight excluding hydrogens is 530 g/mol. The molecule has 22 heavy (non-hydrogen) atoms. The summed E-state index contributed by atoms with van der Waals surface area (Å²) in [4.78, 5) is 12.4. The summed E-state index contributed by atoms with van der Waals surface area (Å²) in [6, 6.07) is 5.65. The third kappa shape index (κ3) is 5.71. The summed E-state index contributed by atoms with van der Waals surface area (Å²) in [6.45, 7) is 6.94. The number of hydrogen-bond donors (Lipinski definition) is 0. The fourth-order valence-corrected chi connectivity index (χ4v) is 5.91. The van der Waals surface area contributed by atoms with Crippen LogP contribution in [0.25, 0.3) is 0 Å². The smallest absolute Gasteiger partial charge is 0.457 e. The van der Waals surface area contributed by atoms with Crippen LogP contribution >= 0.6 is 45.2 Å². The number of halogens is 2. The Morgan fingerprint density at radius 2 is 1.45 bits per heavy atom. The molecule has 1 aromatic carbocycles. The van der Waals surface area contributed by atoms with Crippen molar-refractivity contribution in [1.82, 2.24) is 0 Å². The Balaban J connectivity index is 2.85. The second-order valence-electron chi connectivity index (χ2n) is 4.15. The fourth-order valence-electron chi connectivity index (χ4n) is 1.83. The highest BCUT2D eigenvalue weighted by atomic mass is 127. The SMILES string of the molecule is CCO[Si](COC(=O)c1c(I)cccc1I)(OCC)OCC. The number of benzene rings is 1. The molecule has 124 valence electrons. The molecule has 0 unspecified atom stereocenters. The molecule has 0 N–H and O–H groups in total. The lowest BCUT2D eigenvalue weighted by Gasteiger charge is -2.27. The molecule has 0 saturated heterocycles.